The van der Waals surface area contributed by atoms with Crippen LogP contribution in [0.4, 0.5) is 0 Å². The Morgan fingerprint density at radius 3 is 2.50 bits per heavy atom. The summed E-state index contributed by atoms with van der Waals surface area (Å²) in [5.41, 5.74) is -1.17. The molecule has 0 spiro atoms. The first-order valence-corrected chi connectivity index (χ1v) is 5.58. The van der Waals surface area contributed by atoms with Crippen molar-refractivity contribution in [3.63, 3.8) is 0 Å². The van der Waals surface area contributed by atoms with Crippen LogP contribution in [-0.2, 0) is 14.3 Å². The third-order valence-electron chi connectivity index (χ3n) is 3.57. The maximum absolute atomic E-state index is 11.7. The molecule has 0 aromatic heterocycles. The smallest absolute Gasteiger partial charge is 0.319 e. The Morgan fingerprint density at radius 1 is 1.38 bits per heavy atom. The first-order chi connectivity index (χ1) is 7.49. The van der Waals surface area contributed by atoms with Crippen LogP contribution in [0.1, 0.15) is 26.2 Å². The number of amides is 1. The SMILES string of the molecule is CC1(CNC(=O)C2(C(=O)O)CC2)CCOC1. The summed E-state index contributed by atoms with van der Waals surface area (Å²) in [4.78, 5) is 22.7. The fourth-order valence-corrected chi connectivity index (χ4v) is 1.97. The van der Waals surface area contributed by atoms with Gasteiger partial charge in [-0.1, -0.05) is 6.92 Å². The van der Waals surface area contributed by atoms with Crippen LogP contribution < -0.4 is 5.32 Å². The van der Waals surface area contributed by atoms with Gasteiger partial charge >= 0.3 is 5.97 Å². The largest absolute Gasteiger partial charge is 0.480 e. The minimum Gasteiger partial charge on any atom is -0.480 e. The molecular weight excluding hydrogens is 210 g/mol. The lowest BCUT2D eigenvalue weighted by atomic mass is 9.90. The zero-order valence-electron chi connectivity index (χ0n) is 9.41. The standard InChI is InChI=1S/C11H17NO4/c1-10(4-5-16-7-10)6-12-8(13)11(2-3-11)9(14)15/h2-7H2,1H3,(H,12,13)(H,14,15). The van der Waals surface area contributed by atoms with E-state index in [4.69, 9.17) is 9.84 Å². The molecular formula is C11H17NO4. The monoisotopic (exact) mass is 227 g/mol. The lowest BCUT2D eigenvalue weighted by molar-refractivity contribution is -0.149. The molecule has 1 aliphatic carbocycles. The van der Waals surface area contributed by atoms with E-state index in [0.717, 1.165) is 13.0 Å². The fourth-order valence-electron chi connectivity index (χ4n) is 1.97. The topological polar surface area (TPSA) is 75.6 Å². The van der Waals surface area contributed by atoms with E-state index < -0.39 is 11.4 Å². The van der Waals surface area contributed by atoms with Crippen molar-refractivity contribution in [2.75, 3.05) is 19.8 Å². The molecule has 16 heavy (non-hydrogen) atoms. The number of carboxylic acid groups (broad SMARTS) is 1. The van der Waals surface area contributed by atoms with Gasteiger partial charge in [0.1, 0.15) is 5.41 Å². The van der Waals surface area contributed by atoms with Gasteiger partial charge in [0.05, 0.1) is 6.61 Å². The molecule has 2 aliphatic rings. The molecule has 1 heterocycles. The average molecular weight is 227 g/mol. The van der Waals surface area contributed by atoms with Gasteiger partial charge < -0.3 is 15.2 Å². The lowest BCUT2D eigenvalue weighted by Gasteiger charge is -2.23. The van der Waals surface area contributed by atoms with Gasteiger partial charge in [-0.2, -0.15) is 0 Å². The number of rotatable bonds is 4. The average Bonchev–Trinajstić information content (AvgIpc) is 2.95. The number of hydrogen-bond donors (Lipinski definition) is 2. The Morgan fingerprint density at radius 2 is 2.06 bits per heavy atom. The molecule has 5 heteroatoms. The Hall–Kier alpha value is -1.10. The second-order valence-corrected chi connectivity index (χ2v) is 5.18. The molecule has 2 rings (SSSR count). The molecule has 0 aromatic rings. The normalized spacial score (nSPS) is 31.1. The molecule has 0 radical (unpaired) electrons. The third-order valence-corrected chi connectivity index (χ3v) is 3.57. The summed E-state index contributed by atoms with van der Waals surface area (Å²) in [7, 11) is 0. The summed E-state index contributed by atoms with van der Waals surface area (Å²) in [5, 5.41) is 11.7. The van der Waals surface area contributed by atoms with E-state index in [2.05, 4.69) is 5.32 Å². The summed E-state index contributed by atoms with van der Waals surface area (Å²) >= 11 is 0. The van der Waals surface area contributed by atoms with Gasteiger partial charge in [0.15, 0.2) is 0 Å². The molecule has 1 saturated heterocycles. The van der Waals surface area contributed by atoms with E-state index in [1.54, 1.807) is 0 Å². The number of nitrogens with one attached hydrogen (secondary N) is 1. The van der Waals surface area contributed by atoms with Crippen molar-refractivity contribution < 1.29 is 19.4 Å². The first-order valence-electron chi connectivity index (χ1n) is 5.58. The van der Waals surface area contributed by atoms with Gasteiger partial charge in [-0.15, -0.1) is 0 Å². The van der Waals surface area contributed by atoms with Gasteiger partial charge in [-0.3, -0.25) is 9.59 Å². The highest BCUT2D eigenvalue weighted by molar-refractivity contribution is 6.04. The number of ether oxygens (including phenoxy) is 1. The molecule has 1 saturated carbocycles. The van der Waals surface area contributed by atoms with E-state index >= 15 is 0 Å². The maximum Gasteiger partial charge on any atom is 0.319 e. The Kier molecular flexibility index (Phi) is 2.66. The van der Waals surface area contributed by atoms with Crippen LogP contribution in [0.3, 0.4) is 0 Å². The molecule has 1 atom stereocenters. The Labute approximate surface area is 94.2 Å². The molecule has 0 aromatic carbocycles. The number of carbonyl (C=O) groups is 2. The minimum absolute atomic E-state index is 0.0375. The van der Waals surface area contributed by atoms with Gasteiger partial charge in [-0.05, 0) is 19.3 Å². The van der Waals surface area contributed by atoms with Gasteiger partial charge in [0, 0.05) is 18.6 Å². The molecule has 2 N–H and O–H groups in total. The van der Waals surface area contributed by atoms with Crippen LogP contribution >= 0.6 is 0 Å². The lowest BCUT2D eigenvalue weighted by Crippen LogP contribution is -2.42. The molecule has 1 unspecified atom stereocenters. The number of hydrogen-bond acceptors (Lipinski definition) is 3. The molecule has 5 nitrogen and oxygen atoms in total. The fraction of sp³-hybridized carbons (Fsp3) is 0.818. The summed E-state index contributed by atoms with van der Waals surface area (Å²) < 4.78 is 5.27. The zero-order valence-corrected chi connectivity index (χ0v) is 9.41. The minimum atomic E-state index is -1.13. The molecule has 2 fully saturated rings. The van der Waals surface area contributed by atoms with Crippen molar-refractivity contribution in [2.45, 2.75) is 26.2 Å². The van der Waals surface area contributed by atoms with Gasteiger partial charge in [-0.25, -0.2) is 0 Å². The van der Waals surface area contributed by atoms with Crippen LogP contribution in [0.5, 0.6) is 0 Å². The van der Waals surface area contributed by atoms with E-state index in [1.807, 2.05) is 6.92 Å². The second-order valence-electron chi connectivity index (χ2n) is 5.18. The molecule has 1 aliphatic heterocycles. The maximum atomic E-state index is 11.7. The van der Waals surface area contributed by atoms with Gasteiger partial charge in [0.25, 0.3) is 0 Å². The van der Waals surface area contributed by atoms with Crippen molar-refractivity contribution in [1.82, 2.24) is 5.32 Å². The van der Waals surface area contributed by atoms with Crippen LogP contribution in [0.15, 0.2) is 0 Å². The predicted octanol–water partition coefficient (Wildman–Crippen LogP) is 0.394. The third kappa shape index (κ3) is 1.91. The summed E-state index contributed by atoms with van der Waals surface area (Å²) in [5.74, 6) is -1.34. The van der Waals surface area contributed by atoms with E-state index in [0.29, 0.717) is 26.0 Å². The van der Waals surface area contributed by atoms with Crippen molar-refractivity contribution in [2.24, 2.45) is 10.8 Å². The van der Waals surface area contributed by atoms with E-state index in [1.165, 1.54) is 0 Å². The zero-order chi connectivity index (χ0) is 11.8. The highest BCUT2D eigenvalue weighted by Crippen LogP contribution is 2.46. The van der Waals surface area contributed by atoms with Crippen molar-refractivity contribution in [1.29, 1.82) is 0 Å². The Balaban J connectivity index is 1.87. The Bertz CT molecular complexity index is 316. The van der Waals surface area contributed by atoms with Crippen molar-refractivity contribution in [3.8, 4) is 0 Å². The van der Waals surface area contributed by atoms with Crippen LogP contribution in [0.2, 0.25) is 0 Å². The summed E-state index contributed by atoms with van der Waals surface area (Å²) in [6, 6.07) is 0. The van der Waals surface area contributed by atoms with E-state index in [-0.39, 0.29) is 11.3 Å². The van der Waals surface area contributed by atoms with Crippen LogP contribution in [-0.4, -0.2) is 36.7 Å². The second kappa shape index (κ2) is 3.73. The molecule has 0 bridgehead atoms. The van der Waals surface area contributed by atoms with Crippen molar-refractivity contribution in [3.05, 3.63) is 0 Å². The highest BCUT2D eigenvalue weighted by atomic mass is 16.5. The van der Waals surface area contributed by atoms with Crippen LogP contribution in [0, 0.1) is 10.8 Å². The number of carboxylic acids is 1. The molecule has 90 valence electrons. The number of aliphatic carboxylic acids is 1. The summed E-state index contributed by atoms with van der Waals surface area (Å²) in [6.07, 6.45) is 1.83. The van der Waals surface area contributed by atoms with Crippen molar-refractivity contribution >= 4 is 11.9 Å². The molecule has 1 amide bonds. The van der Waals surface area contributed by atoms with Crippen LogP contribution in [0.25, 0.3) is 0 Å². The summed E-state index contributed by atoms with van der Waals surface area (Å²) in [6.45, 7) is 3.89. The highest BCUT2D eigenvalue weighted by Gasteiger charge is 2.57. The number of carbonyl (C=O) groups excluding carboxylic acids is 1. The predicted molar refractivity (Wildman–Crippen MR) is 55.9 cm³/mol. The first kappa shape index (κ1) is 11.4. The van der Waals surface area contributed by atoms with Gasteiger partial charge in [0.2, 0.25) is 5.91 Å². The van der Waals surface area contributed by atoms with E-state index in [9.17, 15) is 9.59 Å². The quantitative estimate of drug-likeness (QED) is 0.681.